The largest absolute Gasteiger partial charge is 0.467 e. The number of aromatic amines is 1. The van der Waals surface area contributed by atoms with Crippen LogP contribution in [-0.4, -0.2) is 21.8 Å². The molecule has 2 heterocycles. The van der Waals surface area contributed by atoms with Gasteiger partial charge in [0, 0.05) is 16.9 Å². The minimum atomic E-state index is -0.0137. The highest BCUT2D eigenvalue weighted by Gasteiger charge is 2.21. The molecule has 1 N–H and O–H groups in total. The standard InChI is InChI=1S/C18H20N2O2/c1-12(2)20(11-15-5-4-8-22-15)18(21)17-10-14-7-6-13(3)9-16(14)19-17/h4-10,12,19H,11H2,1-3H3. The van der Waals surface area contributed by atoms with Crippen molar-refractivity contribution in [3.05, 3.63) is 59.7 Å². The SMILES string of the molecule is Cc1ccc2cc(C(=O)N(Cc3ccco3)C(C)C)[nH]c2c1. The zero-order valence-electron chi connectivity index (χ0n) is 13.1. The lowest BCUT2D eigenvalue weighted by atomic mass is 10.2. The van der Waals surface area contributed by atoms with Gasteiger partial charge in [0.15, 0.2) is 0 Å². The molecule has 2 aromatic heterocycles. The molecule has 0 saturated heterocycles. The molecule has 114 valence electrons. The number of nitrogens with one attached hydrogen (secondary N) is 1. The van der Waals surface area contributed by atoms with Gasteiger partial charge in [-0.2, -0.15) is 0 Å². The fraction of sp³-hybridized carbons (Fsp3) is 0.278. The van der Waals surface area contributed by atoms with E-state index in [-0.39, 0.29) is 11.9 Å². The van der Waals surface area contributed by atoms with E-state index in [0.29, 0.717) is 12.2 Å². The van der Waals surface area contributed by atoms with Crippen molar-refractivity contribution in [2.45, 2.75) is 33.4 Å². The molecule has 0 bridgehead atoms. The van der Waals surface area contributed by atoms with Gasteiger partial charge in [-0.3, -0.25) is 4.79 Å². The predicted octanol–water partition coefficient (Wildman–Crippen LogP) is 4.12. The summed E-state index contributed by atoms with van der Waals surface area (Å²) >= 11 is 0. The van der Waals surface area contributed by atoms with Crippen LogP contribution in [-0.2, 0) is 6.54 Å². The van der Waals surface area contributed by atoms with E-state index in [1.165, 1.54) is 5.56 Å². The number of furan rings is 1. The molecule has 0 unspecified atom stereocenters. The lowest BCUT2D eigenvalue weighted by Gasteiger charge is -2.25. The van der Waals surface area contributed by atoms with E-state index < -0.39 is 0 Å². The van der Waals surface area contributed by atoms with Gasteiger partial charge in [-0.05, 0) is 50.6 Å². The molecule has 1 aromatic carbocycles. The van der Waals surface area contributed by atoms with E-state index in [2.05, 4.69) is 11.1 Å². The Hall–Kier alpha value is -2.49. The van der Waals surface area contributed by atoms with Crippen LogP contribution in [0.2, 0.25) is 0 Å². The Labute approximate surface area is 129 Å². The average Bonchev–Trinajstić information content (AvgIpc) is 3.12. The Morgan fingerprint density at radius 2 is 2.09 bits per heavy atom. The maximum atomic E-state index is 12.8. The molecule has 0 saturated carbocycles. The van der Waals surface area contributed by atoms with Crippen LogP contribution in [0.3, 0.4) is 0 Å². The van der Waals surface area contributed by atoms with Crippen LogP contribution >= 0.6 is 0 Å². The summed E-state index contributed by atoms with van der Waals surface area (Å²) in [7, 11) is 0. The van der Waals surface area contributed by atoms with E-state index in [1.807, 2.05) is 51.1 Å². The smallest absolute Gasteiger partial charge is 0.270 e. The Balaban J connectivity index is 1.91. The molecule has 0 aliphatic rings. The number of carbonyl (C=O) groups is 1. The Kier molecular flexibility index (Phi) is 3.75. The molecule has 22 heavy (non-hydrogen) atoms. The molecule has 0 fully saturated rings. The second-order valence-electron chi connectivity index (χ2n) is 5.88. The van der Waals surface area contributed by atoms with E-state index in [0.717, 1.165) is 16.7 Å². The van der Waals surface area contributed by atoms with Gasteiger partial charge < -0.3 is 14.3 Å². The predicted molar refractivity (Wildman–Crippen MR) is 86.8 cm³/mol. The van der Waals surface area contributed by atoms with Crippen molar-refractivity contribution in [2.24, 2.45) is 0 Å². The minimum Gasteiger partial charge on any atom is -0.467 e. The molecule has 1 amide bonds. The third kappa shape index (κ3) is 2.77. The Morgan fingerprint density at radius 3 is 2.77 bits per heavy atom. The van der Waals surface area contributed by atoms with Crippen molar-refractivity contribution in [2.75, 3.05) is 0 Å². The molecule has 4 nitrogen and oxygen atoms in total. The Morgan fingerprint density at radius 1 is 1.27 bits per heavy atom. The molecular weight excluding hydrogens is 276 g/mol. The van der Waals surface area contributed by atoms with Crippen LogP contribution in [0.5, 0.6) is 0 Å². The van der Waals surface area contributed by atoms with Crippen molar-refractivity contribution >= 4 is 16.8 Å². The zero-order chi connectivity index (χ0) is 15.7. The number of aromatic nitrogens is 1. The number of carbonyl (C=O) groups excluding carboxylic acids is 1. The fourth-order valence-corrected chi connectivity index (χ4v) is 2.57. The van der Waals surface area contributed by atoms with Crippen molar-refractivity contribution in [3.63, 3.8) is 0 Å². The first-order valence-electron chi connectivity index (χ1n) is 7.47. The molecule has 0 radical (unpaired) electrons. The summed E-state index contributed by atoms with van der Waals surface area (Å²) in [6.07, 6.45) is 1.63. The number of nitrogens with zero attached hydrogens (tertiary/aromatic N) is 1. The lowest BCUT2D eigenvalue weighted by Crippen LogP contribution is -2.36. The first kappa shape index (κ1) is 14.4. The van der Waals surface area contributed by atoms with E-state index in [1.54, 1.807) is 11.2 Å². The summed E-state index contributed by atoms with van der Waals surface area (Å²) in [5.41, 5.74) is 2.77. The maximum absolute atomic E-state index is 12.8. The number of hydrogen-bond acceptors (Lipinski definition) is 2. The number of aryl methyl sites for hydroxylation is 1. The van der Waals surface area contributed by atoms with Crippen molar-refractivity contribution < 1.29 is 9.21 Å². The third-order valence-electron chi connectivity index (χ3n) is 3.80. The maximum Gasteiger partial charge on any atom is 0.270 e. The van der Waals surface area contributed by atoms with Crippen LogP contribution in [0, 0.1) is 6.92 Å². The van der Waals surface area contributed by atoms with Crippen LogP contribution < -0.4 is 0 Å². The summed E-state index contributed by atoms with van der Waals surface area (Å²) in [6, 6.07) is 11.9. The highest BCUT2D eigenvalue weighted by Crippen LogP contribution is 2.20. The van der Waals surface area contributed by atoms with E-state index >= 15 is 0 Å². The Bertz CT molecular complexity index is 785. The number of rotatable bonds is 4. The molecule has 0 atom stereocenters. The fourth-order valence-electron chi connectivity index (χ4n) is 2.57. The van der Waals surface area contributed by atoms with Gasteiger partial charge >= 0.3 is 0 Å². The number of benzene rings is 1. The van der Waals surface area contributed by atoms with Crippen molar-refractivity contribution in [1.82, 2.24) is 9.88 Å². The highest BCUT2D eigenvalue weighted by atomic mass is 16.3. The lowest BCUT2D eigenvalue weighted by molar-refractivity contribution is 0.0671. The van der Waals surface area contributed by atoms with Gasteiger partial charge in [0.2, 0.25) is 0 Å². The molecule has 3 rings (SSSR count). The number of fused-ring (bicyclic) bond motifs is 1. The summed E-state index contributed by atoms with van der Waals surface area (Å²) in [6.45, 7) is 6.53. The summed E-state index contributed by atoms with van der Waals surface area (Å²) in [4.78, 5) is 17.9. The molecule has 3 aromatic rings. The summed E-state index contributed by atoms with van der Waals surface area (Å²) in [5.74, 6) is 0.772. The second-order valence-corrected chi connectivity index (χ2v) is 5.88. The summed E-state index contributed by atoms with van der Waals surface area (Å²) < 4.78 is 5.37. The van der Waals surface area contributed by atoms with Gasteiger partial charge in [0.05, 0.1) is 12.8 Å². The number of amides is 1. The van der Waals surface area contributed by atoms with Crippen molar-refractivity contribution in [1.29, 1.82) is 0 Å². The molecular formula is C18H20N2O2. The quantitative estimate of drug-likeness (QED) is 0.787. The third-order valence-corrected chi connectivity index (χ3v) is 3.80. The van der Waals surface area contributed by atoms with Crippen LogP contribution in [0.15, 0.2) is 47.1 Å². The second kappa shape index (κ2) is 5.72. The van der Waals surface area contributed by atoms with E-state index in [9.17, 15) is 4.79 Å². The van der Waals surface area contributed by atoms with Gasteiger partial charge in [0.1, 0.15) is 11.5 Å². The van der Waals surface area contributed by atoms with Gasteiger partial charge in [-0.1, -0.05) is 12.1 Å². The van der Waals surface area contributed by atoms with Gasteiger partial charge in [-0.15, -0.1) is 0 Å². The number of hydrogen-bond donors (Lipinski definition) is 1. The number of H-pyrrole nitrogens is 1. The summed E-state index contributed by atoms with van der Waals surface area (Å²) in [5, 5.41) is 1.05. The first-order chi connectivity index (χ1) is 10.5. The zero-order valence-corrected chi connectivity index (χ0v) is 13.1. The van der Waals surface area contributed by atoms with Crippen molar-refractivity contribution in [3.8, 4) is 0 Å². The normalized spacial score (nSPS) is 11.3. The van der Waals surface area contributed by atoms with Gasteiger partial charge in [-0.25, -0.2) is 0 Å². The molecule has 0 spiro atoms. The molecule has 0 aliphatic carbocycles. The average molecular weight is 296 g/mol. The van der Waals surface area contributed by atoms with Crippen LogP contribution in [0.1, 0.15) is 35.7 Å². The van der Waals surface area contributed by atoms with Crippen LogP contribution in [0.25, 0.3) is 10.9 Å². The van der Waals surface area contributed by atoms with Crippen LogP contribution in [0.4, 0.5) is 0 Å². The minimum absolute atomic E-state index is 0.0137. The topological polar surface area (TPSA) is 49.2 Å². The first-order valence-corrected chi connectivity index (χ1v) is 7.47. The van der Waals surface area contributed by atoms with Gasteiger partial charge in [0.25, 0.3) is 5.91 Å². The van der Waals surface area contributed by atoms with E-state index in [4.69, 9.17) is 4.42 Å². The molecule has 0 aliphatic heterocycles. The molecule has 4 heteroatoms. The highest BCUT2D eigenvalue weighted by molar-refractivity contribution is 5.98. The monoisotopic (exact) mass is 296 g/mol.